The van der Waals surface area contributed by atoms with Crippen molar-refractivity contribution in [2.24, 2.45) is 0 Å². The zero-order valence-corrected chi connectivity index (χ0v) is 13.7. The second-order valence-corrected chi connectivity index (χ2v) is 6.40. The minimum atomic E-state index is 0. The molecule has 2 atom stereocenters. The number of pyridine rings is 1. The van der Waals surface area contributed by atoms with Crippen molar-refractivity contribution in [1.29, 1.82) is 0 Å². The van der Waals surface area contributed by atoms with E-state index in [0.717, 1.165) is 16.8 Å². The molecule has 0 spiro atoms. The van der Waals surface area contributed by atoms with Gasteiger partial charge in [-0.25, -0.2) is 0 Å². The first-order chi connectivity index (χ1) is 6.75. The van der Waals surface area contributed by atoms with Crippen LogP contribution in [0.4, 0.5) is 0 Å². The number of hydrogen-bond donors (Lipinski definition) is 0. The number of aryl methyl sites for hydroxylation is 1. The summed E-state index contributed by atoms with van der Waals surface area (Å²) in [5.74, 6) is 0. The zero-order chi connectivity index (χ0) is 9.97. The predicted octanol–water partition coefficient (Wildman–Crippen LogP) is 3.15. The molecule has 0 amide bonds. The van der Waals surface area contributed by atoms with Crippen molar-refractivity contribution in [2.45, 2.75) is 30.4 Å². The molecule has 0 unspecified atom stereocenters. The summed E-state index contributed by atoms with van der Waals surface area (Å²) in [5, 5.41) is 0. The van der Waals surface area contributed by atoms with Gasteiger partial charge in [-0.3, -0.25) is 0 Å². The number of halogens is 1. The van der Waals surface area contributed by atoms with Gasteiger partial charge in [0, 0.05) is 0 Å². The van der Waals surface area contributed by atoms with E-state index in [2.05, 4.69) is 17.1 Å². The maximum absolute atomic E-state index is 5.78. The van der Waals surface area contributed by atoms with E-state index in [9.17, 15) is 0 Å². The van der Waals surface area contributed by atoms with Gasteiger partial charge in [0.25, 0.3) is 0 Å². The van der Waals surface area contributed by atoms with Crippen LogP contribution in [0.5, 0.6) is 0 Å². The van der Waals surface area contributed by atoms with Gasteiger partial charge in [-0.15, -0.1) is 17.0 Å². The van der Waals surface area contributed by atoms with Gasteiger partial charge < -0.3 is 0 Å². The molecule has 0 radical (unpaired) electrons. The number of hydrogen-bond acceptors (Lipinski definition) is 2. The van der Waals surface area contributed by atoms with Gasteiger partial charge in [-0.05, 0) is 0 Å². The van der Waals surface area contributed by atoms with Crippen LogP contribution in [0.2, 0.25) is 4.51 Å². The summed E-state index contributed by atoms with van der Waals surface area (Å²) in [4.78, 5) is 4.21. The van der Waals surface area contributed by atoms with Crippen LogP contribution in [-0.2, 0) is 23.0 Å². The molecule has 2 heterocycles. The van der Waals surface area contributed by atoms with Gasteiger partial charge in [-0.1, -0.05) is 0 Å². The van der Waals surface area contributed by atoms with Crippen LogP contribution in [0, 0.1) is 6.92 Å². The number of nitrogens with zero attached hydrogens (tertiary/aromatic N) is 1. The molecule has 2 rings (SSSR count). The van der Waals surface area contributed by atoms with Gasteiger partial charge in [0.15, 0.2) is 0 Å². The molecule has 1 aromatic heterocycles. The fourth-order valence-electron chi connectivity index (χ4n) is 1.87. The first-order valence-electron chi connectivity index (χ1n) is 5.13. The van der Waals surface area contributed by atoms with Crippen molar-refractivity contribution in [3.63, 3.8) is 0 Å². The number of ether oxygens (including phenoxy) is 1. The van der Waals surface area contributed by atoms with Crippen molar-refractivity contribution < 1.29 is 23.0 Å². The normalized spacial score (nSPS) is 25.8. The average molecular weight is 323 g/mol. The van der Waals surface area contributed by atoms with E-state index in [1.165, 1.54) is 36.7 Å². The van der Waals surface area contributed by atoms with Crippen LogP contribution in [0.25, 0.3) is 0 Å². The third-order valence-electron chi connectivity index (χ3n) is 2.69. The maximum atomic E-state index is 5.78. The fraction of sp³-hybridized carbons (Fsp3) is 0.545. The van der Waals surface area contributed by atoms with E-state index in [0.29, 0.717) is 6.10 Å². The third kappa shape index (κ3) is 3.62. The topological polar surface area (TPSA) is 22.1 Å². The summed E-state index contributed by atoms with van der Waals surface area (Å²) >= 11 is 1.39. The van der Waals surface area contributed by atoms with Gasteiger partial charge in [-0.2, -0.15) is 0 Å². The van der Waals surface area contributed by atoms with E-state index in [-0.39, 0.29) is 17.0 Å². The summed E-state index contributed by atoms with van der Waals surface area (Å²) in [5.41, 5.74) is 2.39. The molecular weight excluding hydrogens is 307 g/mol. The Morgan fingerprint density at radius 3 is 3.00 bits per heavy atom. The van der Waals surface area contributed by atoms with E-state index < -0.39 is 0 Å². The molecule has 0 aromatic carbocycles. The van der Waals surface area contributed by atoms with Crippen LogP contribution >= 0.6 is 17.0 Å². The van der Waals surface area contributed by atoms with Crippen molar-refractivity contribution in [2.75, 3.05) is 6.61 Å². The van der Waals surface area contributed by atoms with Crippen molar-refractivity contribution in [3.8, 4) is 0 Å². The minimum absolute atomic E-state index is 0. The molecule has 1 saturated heterocycles. The molecule has 1 aromatic rings. The first kappa shape index (κ1) is 13.3. The number of rotatable bonds is 1. The van der Waals surface area contributed by atoms with E-state index >= 15 is 0 Å². The van der Waals surface area contributed by atoms with Crippen molar-refractivity contribution in [1.82, 2.24) is 4.98 Å². The Bertz CT molecular complexity index is 321. The second-order valence-electron chi connectivity index (χ2n) is 3.98. The monoisotopic (exact) mass is 320 g/mol. The molecule has 2 nitrogen and oxygen atoms in total. The molecule has 1 fully saturated rings. The van der Waals surface area contributed by atoms with Gasteiger partial charge in [0.1, 0.15) is 0 Å². The van der Waals surface area contributed by atoms with Gasteiger partial charge in [0.2, 0.25) is 0 Å². The van der Waals surface area contributed by atoms with Crippen LogP contribution in [-0.4, -0.2) is 11.6 Å². The van der Waals surface area contributed by atoms with Crippen molar-refractivity contribution in [3.05, 3.63) is 29.6 Å². The molecule has 0 bridgehead atoms. The summed E-state index contributed by atoms with van der Waals surface area (Å²) in [6.07, 6.45) is 4.65. The summed E-state index contributed by atoms with van der Waals surface area (Å²) in [6, 6.07) is 4.22. The zero-order valence-electron chi connectivity index (χ0n) is 8.98. The second kappa shape index (κ2) is 6.07. The molecule has 79 valence electrons. The van der Waals surface area contributed by atoms with Crippen LogP contribution in [0.1, 0.15) is 30.2 Å². The summed E-state index contributed by atoms with van der Waals surface area (Å²) in [6.45, 7) is 2.96. The summed E-state index contributed by atoms with van der Waals surface area (Å²) < 4.78 is 6.69. The van der Waals surface area contributed by atoms with Crippen LogP contribution in [0.15, 0.2) is 18.3 Å². The van der Waals surface area contributed by atoms with Gasteiger partial charge in [0.05, 0.1) is 0 Å². The Morgan fingerprint density at radius 1 is 1.53 bits per heavy atom. The van der Waals surface area contributed by atoms with E-state index in [1.54, 1.807) is 0 Å². The Balaban J connectivity index is 0.00000112. The predicted molar refractivity (Wildman–Crippen MR) is 61.0 cm³/mol. The molecule has 0 saturated carbocycles. The Labute approximate surface area is 111 Å². The molecule has 1 aliphatic heterocycles. The molecule has 0 aliphatic carbocycles. The SMILES string of the molecule is Br.Cc1cc([C@@H]2C[C@@H]([Zn])CCO2)ccn1. The summed E-state index contributed by atoms with van der Waals surface area (Å²) in [7, 11) is 0. The Hall–Kier alpha value is 0.213. The third-order valence-corrected chi connectivity index (χ3v) is 4.24. The first-order valence-corrected chi connectivity index (χ1v) is 6.84. The van der Waals surface area contributed by atoms with E-state index in [4.69, 9.17) is 4.74 Å². The van der Waals surface area contributed by atoms with Crippen LogP contribution < -0.4 is 0 Å². The average Bonchev–Trinajstić information content (AvgIpc) is 2.18. The standard InChI is InChI=1S/C11H14NO.BrH.Zn/c1-9-8-10(5-6-12-9)11-4-2-3-7-13-11;;/h2,5-6,8,11H,3-4,7H2,1H3;1H;/t11-;;/m0../s1. The molecule has 15 heavy (non-hydrogen) atoms. The quantitative estimate of drug-likeness (QED) is 0.741. The fourth-order valence-corrected chi connectivity index (χ4v) is 2.85. The molecule has 1 aliphatic rings. The molecular formula is C11H15BrNOZn. The molecule has 0 N–H and O–H groups in total. The Kier molecular flexibility index (Phi) is 5.38. The van der Waals surface area contributed by atoms with Crippen LogP contribution in [0.3, 0.4) is 0 Å². The van der Waals surface area contributed by atoms with E-state index in [1.807, 2.05) is 13.1 Å². The Morgan fingerprint density at radius 2 is 2.33 bits per heavy atom. The number of aromatic nitrogens is 1. The van der Waals surface area contributed by atoms with Gasteiger partial charge >= 0.3 is 94.6 Å². The molecule has 4 heteroatoms. The van der Waals surface area contributed by atoms with Crippen molar-refractivity contribution >= 4 is 17.0 Å².